The van der Waals surface area contributed by atoms with E-state index >= 15 is 0 Å². The molecule has 0 aromatic heterocycles. The van der Waals surface area contributed by atoms with Gasteiger partial charge in [-0.25, -0.2) is 0 Å². The molecule has 0 aromatic carbocycles. The normalized spacial score (nSPS) is 31.4. The van der Waals surface area contributed by atoms with Gasteiger partial charge in [0, 0.05) is 6.04 Å². The van der Waals surface area contributed by atoms with Gasteiger partial charge in [-0.1, -0.05) is 20.8 Å². The maximum absolute atomic E-state index is 11.4. The van der Waals surface area contributed by atoms with Crippen molar-refractivity contribution in [2.45, 2.75) is 33.2 Å². The van der Waals surface area contributed by atoms with E-state index < -0.39 is 0 Å². The van der Waals surface area contributed by atoms with Crippen LogP contribution in [0.15, 0.2) is 0 Å². The number of methoxy groups -OCH3 is 1. The van der Waals surface area contributed by atoms with Crippen molar-refractivity contribution in [3.05, 3.63) is 0 Å². The average molecular weight is 199 g/mol. The minimum atomic E-state index is -0.0417. The van der Waals surface area contributed by atoms with Gasteiger partial charge in [0.05, 0.1) is 13.0 Å². The molecule has 82 valence electrons. The fourth-order valence-corrected chi connectivity index (χ4v) is 2.53. The molecular formula is C11H21NO2. The first kappa shape index (κ1) is 11.5. The molecule has 3 nitrogen and oxygen atoms in total. The van der Waals surface area contributed by atoms with Crippen LogP contribution in [0, 0.1) is 11.8 Å². The van der Waals surface area contributed by atoms with Crippen molar-refractivity contribution in [2.75, 3.05) is 20.2 Å². The van der Waals surface area contributed by atoms with Crippen LogP contribution in [0.1, 0.15) is 27.2 Å². The quantitative estimate of drug-likeness (QED) is 0.643. The lowest BCUT2D eigenvalue weighted by atomic mass is 9.70. The minimum absolute atomic E-state index is 0.0417. The Labute approximate surface area is 86.4 Å². The van der Waals surface area contributed by atoms with Crippen LogP contribution in [0.25, 0.3) is 0 Å². The van der Waals surface area contributed by atoms with Gasteiger partial charge in [0.15, 0.2) is 0 Å². The molecule has 3 atom stereocenters. The number of nitrogens with zero attached hydrogens (tertiary/aromatic N) is 1. The molecule has 1 aliphatic carbocycles. The Morgan fingerprint density at radius 2 is 2.00 bits per heavy atom. The number of esters is 1. The van der Waals surface area contributed by atoms with E-state index in [9.17, 15) is 4.79 Å². The van der Waals surface area contributed by atoms with E-state index in [1.807, 2.05) is 0 Å². The van der Waals surface area contributed by atoms with Crippen LogP contribution >= 0.6 is 0 Å². The van der Waals surface area contributed by atoms with Gasteiger partial charge in [-0.15, -0.1) is 0 Å². The van der Waals surface area contributed by atoms with E-state index in [0.717, 1.165) is 19.5 Å². The molecule has 1 rings (SSSR count). The third-order valence-electron chi connectivity index (χ3n) is 3.36. The standard InChI is InChI=1S/C11H21NO2/c1-5-12(6-2)10-8(3)7-9(10)11(13)14-4/h8-10H,5-7H2,1-4H3/t8-,9+,10+/m0/s1. The zero-order chi connectivity index (χ0) is 10.7. The van der Waals surface area contributed by atoms with Crippen LogP contribution in [0.4, 0.5) is 0 Å². The molecule has 0 radical (unpaired) electrons. The highest BCUT2D eigenvalue weighted by Gasteiger charge is 2.45. The van der Waals surface area contributed by atoms with Crippen molar-refractivity contribution < 1.29 is 9.53 Å². The number of hydrogen-bond acceptors (Lipinski definition) is 3. The summed E-state index contributed by atoms with van der Waals surface area (Å²) in [5, 5.41) is 0. The molecule has 0 unspecified atom stereocenters. The third kappa shape index (κ3) is 1.92. The molecule has 0 aliphatic heterocycles. The van der Waals surface area contributed by atoms with Crippen molar-refractivity contribution in [3.8, 4) is 0 Å². The smallest absolute Gasteiger partial charge is 0.310 e. The second kappa shape index (κ2) is 4.78. The summed E-state index contributed by atoms with van der Waals surface area (Å²) in [4.78, 5) is 13.8. The van der Waals surface area contributed by atoms with Gasteiger partial charge in [-0.2, -0.15) is 0 Å². The van der Waals surface area contributed by atoms with Gasteiger partial charge in [0.2, 0.25) is 0 Å². The van der Waals surface area contributed by atoms with Crippen LogP contribution in [-0.2, 0) is 9.53 Å². The van der Waals surface area contributed by atoms with E-state index in [1.165, 1.54) is 7.11 Å². The first-order valence-corrected chi connectivity index (χ1v) is 5.47. The van der Waals surface area contributed by atoms with Gasteiger partial charge >= 0.3 is 5.97 Å². The number of carbonyl (C=O) groups excluding carboxylic acids is 1. The second-order valence-corrected chi connectivity index (χ2v) is 4.05. The number of rotatable bonds is 4. The van der Waals surface area contributed by atoms with Crippen molar-refractivity contribution in [1.82, 2.24) is 4.90 Å². The van der Waals surface area contributed by atoms with Crippen molar-refractivity contribution in [3.63, 3.8) is 0 Å². The molecule has 0 spiro atoms. The molecule has 1 fully saturated rings. The Hall–Kier alpha value is -0.570. The van der Waals surface area contributed by atoms with Crippen LogP contribution in [-0.4, -0.2) is 37.1 Å². The Morgan fingerprint density at radius 1 is 1.43 bits per heavy atom. The molecule has 1 aliphatic rings. The molecule has 0 saturated heterocycles. The van der Waals surface area contributed by atoms with Crippen LogP contribution in [0.2, 0.25) is 0 Å². The van der Waals surface area contributed by atoms with Crippen molar-refractivity contribution in [2.24, 2.45) is 11.8 Å². The first-order chi connectivity index (χ1) is 6.65. The van der Waals surface area contributed by atoms with Gasteiger partial charge in [0.1, 0.15) is 0 Å². The predicted molar refractivity (Wildman–Crippen MR) is 56.0 cm³/mol. The molecular weight excluding hydrogens is 178 g/mol. The maximum Gasteiger partial charge on any atom is 0.310 e. The lowest BCUT2D eigenvalue weighted by molar-refractivity contribution is -0.156. The fraction of sp³-hybridized carbons (Fsp3) is 0.909. The summed E-state index contributed by atoms with van der Waals surface area (Å²) < 4.78 is 4.81. The van der Waals surface area contributed by atoms with Crippen molar-refractivity contribution >= 4 is 5.97 Å². The lowest BCUT2D eigenvalue weighted by Gasteiger charge is -2.47. The summed E-state index contributed by atoms with van der Waals surface area (Å²) in [6.45, 7) is 8.52. The molecule has 0 amide bonds. The zero-order valence-corrected chi connectivity index (χ0v) is 9.62. The van der Waals surface area contributed by atoms with Crippen LogP contribution in [0.3, 0.4) is 0 Å². The van der Waals surface area contributed by atoms with E-state index in [-0.39, 0.29) is 11.9 Å². The van der Waals surface area contributed by atoms with Gasteiger partial charge in [-0.05, 0) is 25.4 Å². The summed E-state index contributed by atoms with van der Waals surface area (Å²) in [6.07, 6.45) is 0.980. The third-order valence-corrected chi connectivity index (χ3v) is 3.36. The Kier molecular flexibility index (Phi) is 3.93. The van der Waals surface area contributed by atoms with E-state index in [4.69, 9.17) is 4.74 Å². The van der Waals surface area contributed by atoms with Gasteiger partial charge in [0.25, 0.3) is 0 Å². The Balaban J connectivity index is 2.60. The highest BCUT2D eigenvalue weighted by molar-refractivity contribution is 5.74. The molecule has 0 heterocycles. The fourth-order valence-electron chi connectivity index (χ4n) is 2.53. The van der Waals surface area contributed by atoms with Gasteiger partial charge < -0.3 is 4.74 Å². The van der Waals surface area contributed by atoms with E-state index in [2.05, 4.69) is 25.7 Å². The average Bonchev–Trinajstić information content (AvgIpc) is 2.20. The highest BCUT2D eigenvalue weighted by atomic mass is 16.5. The second-order valence-electron chi connectivity index (χ2n) is 4.05. The molecule has 1 saturated carbocycles. The molecule has 0 aromatic rings. The number of carbonyl (C=O) groups is 1. The summed E-state index contributed by atoms with van der Waals surface area (Å²) in [6, 6.07) is 0.400. The summed E-state index contributed by atoms with van der Waals surface area (Å²) in [5.41, 5.74) is 0. The summed E-state index contributed by atoms with van der Waals surface area (Å²) in [5.74, 6) is 0.689. The monoisotopic (exact) mass is 199 g/mol. The van der Waals surface area contributed by atoms with E-state index in [1.54, 1.807) is 0 Å². The van der Waals surface area contributed by atoms with Gasteiger partial charge in [-0.3, -0.25) is 9.69 Å². The predicted octanol–water partition coefficient (Wildman–Crippen LogP) is 1.53. The Bertz CT molecular complexity index is 201. The molecule has 0 N–H and O–H groups in total. The van der Waals surface area contributed by atoms with Crippen molar-refractivity contribution in [1.29, 1.82) is 0 Å². The minimum Gasteiger partial charge on any atom is -0.469 e. The van der Waals surface area contributed by atoms with Crippen LogP contribution < -0.4 is 0 Å². The summed E-state index contributed by atoms with van der Waals surface area (Å²) in [7, 11) is 1.48. The first-order valence-electron chi connectivity index (χ1n) is 5.47. The highest BCUT2D eigenvalue weighted by Crippen LogP contribution is 2.38. The molecule has 3 heteroatoms. The zero-order valence-electron chi connectivity index (χ0n) is 9.62. The maximum atomic E-state index is 11.4. The largest absolute Gasteiger partial charge is 0.469 e. The lowest BCUT2D eigenvalue weighted by Crippen LogP contribution is -2.55. The topological polar surface area (TPSA) is 29.5 Å². The molecule has 14 heavy (non-hydrogen) atoms. The van der Waals surface area contributed by atoms with E-state index in [0.29, 0.717) is 12.0 Å². The van der Waals surface area contributed by atoms with Crippen LogP contribution in [0.5, 0.6) is 0 Å². The SMILES string of the molecule is CCN(CC)[C@@H]1[C@@H](C)C[C@H]1C(=O)OC. The Morgan fingerprint density at radius 3 is 2.36 bits per heavy atom. The summed E-state index contributed by atoms with van der Waals surface area (Å²) >= 11 is 0. The molecule has 0 bridgehead atoms. The number of hydrogen-bond donors (Lipinski definition) is 0. The number of ether oxygens (including phenoxy) is 1.